The number of hydrogen-bond acceptors (Lipinski definition) is 6. The van der Waals surface area contributed by atoms with Crippen molar-refractivity contribution in [2.45, 2.75) is 6.92 Å². The van der Waals surface area contributed by atoms with Crippen LogP contribution in [0.3, 0.4) is 0 Å². The zero-order valence-corrected chi connectivity index (χ0v) is 13.9. The number of phenolic OH excluding ortho intramolecular Hbond substituents is 3. The van der Waals surface area contributed by atoms with Gasteiger partial charge in [0.1, 0.15) is 17.2 Å². The molecule has 0 aliphatic heterocycles. The Labute approximate surface area is 147 Å². The fourth-order valence-electron chi connectivity index (χ4n) is 3.35. The van der Waals surface area contributed by atoms with Crippen molar-refractivity contribution >= 4 is 11.6 Å². The molecule has 0 radical (unpaired) electrons. The molecule has 0 unspecified atom stereocenters. The largest absolute Gasteiger partial charge is 0.507 e. The average molecular weight is 350 g/mol. The summed E-state index contributed by atoms with van der Waals surface area (Å²) in [5, 5.41) is 35.2. The smallest absolute Gasteiger partial charge is 0.201 e. The topological polar surface area (TPSA) is 113 Å². The van der Waals surface area contributed by atoms with Gasteiger partial charge in [-0.2, -0.15) is 5.10 Å². The number of aromatic hydroxyl groups is 3. The van der Waals surface area contributed by atoms with Crippen LogP contribution >= 0.6 is 0 Å². The maximum absolute atomic E-state index is 12.9. The molecule has 0 amide bonds. The highest BCUT2D eigenvalue weighted by Crippen LogP contribution is 2.45. The van der Waals surface area contributed by atoms with Crippen LogP contribution in [0.15, 0.2) is 30.6 Å². The van der Waals surface area contributed by atoms with Gasteiger partial charge in [0, 0.05) is 29.9 Å². The molecule has 1 aliphatic rings. The second kappa shape index (κ2) is 5.19. The quantitative estimate of drug-likeness (QED) is 0.485. The summed E-state index contributed by atoms with van der Waals surface area (Å²) in [5.41, 5.74) is 0.580. The maximum Gasteiger partial charge on any atom is 0.201 e. The van der Waals surface area contributed by atoms with E-state index >= 15 is 0 Å². The third-order valence-corrected chi connectivity index (χ3v) is 4.48. The molecule has 0 bridgehead atoms. The predicted molar refractivity (Wildman–Crippen MR) is 91.7 cm³/mol. The SMILES string of the molecule is Cc1cc(O)c2c(c1)C(=O)c1cc(O)c(-c3cnn(C)c3)c(O)c1C2=O. The van der Waals surface area contributed by atoms with Crippen LogP contribution in [0.2, 0.25) is 0 Å². The number of carbonyl (C=O) groups excluding carboxylic acids is 2. The summed E-state index contributed by atoms with van der Waals surface area (Å²) in [6.45, 7) is 1.69. The lowest BCUT2D eigenvalue weighted by atomic mass is 9.81. The lowest BCUT2D eigenvalue weighted by Gasteiger charge is -2.21. The van der Waals surface area contributed by atoms with E-state index in [0.717, 1.165) is 0 Å². The first-order chi connectivity index (χ1) is 12.3. The molecule has 1 aromatic heterocycles. The average Bonchev–Trinajstić information content (AvgIpc) is 2.97. The van der Waals surface area contributed by atoms with Crippen LogP contribution in [0.4, 0.5) is 0 Å². The molecule has 0 saturated heterocycles. The van der Waals surface area contributed by atoms with Crippen molar-refractivity contribution in [1.82, 2.24) is 9.78 Å². The molecule has 0 atom stereocenters. The highest BCUT2D eigenvalue weighted by Gasteiger charge is 2.36. The first-order valence-electron chi connectivity index (χ1n) is 7.80. The van der Waals surface area contributed by atoms with Crippen LogP contribution in [-0.4, -0.2) is 36.7 Å². The summed E-state index contributed by atoms with van der Waals surface area (Å²) in [4.78, 5) is 25.7. The second-order valence-corrected chi connectivity index (χ2v) is 6.31. The van der Waals surface area contributed by atoms with Crippen LogP contribution in [0.5, 0.6) is 17.2 Å². The number of rotatable bonds is 1. The number of aryl methyl sites for hydroxylation is 2. The lowest BCUT2D eigenvalue weighted by Crippen LogP contribution is -2.21. The van der Waals surface area contributed by atoms with E-state index in [0.29, 0.717) is 11.1 Å². The number of benzene rings is 2. The van der Waals surface area contributed by atoms with Gasteiger partial charge in [-0.3, -0.25) is 14.3 Å². The van der Waals surface area contributed by atoms with E-state index in [9.17, 15) is 24.9 Å². The zero-order chi connectivity index (χ0) is 18.7. The summed E-state index contributed by atoms with van der Waals surface area (Å²) in [6, 6.07) is 4.05. The molecular weight excluding hydrogens is 336 g/mol. The third-order valence-electron chi connectivity index (χ3n) is 4.48. The molecule has 0 spiro atoms. The molecule has 130 valence electrons. The Hall–Kier alpha value is -3.61. The standard InChI is InChI=1S/C19H14N2O5/c1-8-3-10-15(12(22)4-8)19(26)16-11(17(10)24)5-13(23)14(18(16)25)9-6-20-21(2)7-9/h3-7,22-23,25H,1-2H3. The van der Waals surface area contributed by atoms with E-state index < -0.39 is 17.3 Å². The molecule has 3 N–H and O–H groups in total. The molecule has 0 saturated carbocycles. The van der Waals surface area contributed by atoms with Crippen LogP contribution in [0.1, 0.15) is 37.4 Å². The summed E-state index contributed by atoms with van der Waals surface area (Å²) in [6.07, 6.45) is 2.98. The van der Waals surface area contributed by atoms with Gasteiger partial charge in [0.25, 0.3) is 0 Å². The summed E-state index contributed by atoms with van der Waals surface area (Å²) < 4.78 is 1.48. The van der Waals surface area contributed by atoms with Crippen molar-refractivity contribution in [3.05, 3.63) is 58.4 Å². The highest BCUT2D eigenvalue weighted by molar-refractivity contribution is 6.31. The molecule has 1 aliphatic carbocycles. The normalized spacial score (nSPS) is 12.8. The Morgan fingerprint density at radius 3 is 2.19 bits per heavy atom. The van der Waals surface area contributed by atoms with Gasteiger partial charge in [0.05, 0.1) is 22.9 Å². The molecule has 4 rings (SSSR count). The molecular formula is C19H14N2O5. The van der Waals surface area contributed by atoms with Crippen molar-refractivity contribution in [3.8, 4) is 28.4 Å². The molecule has 1 heterocycles. The van der Waals surface area contributed by atoms with E-state index in [-0.39, 0.29) is 39.3 Å². The minimum absolute atomic E-state index is 0.00746. The Morgan fingerprint density at radius 2 is 1.54 bits per heavy atom. The molecule has 3 aromatic rings. The minimum Gasteiger partial charge on any atom is -0.507 e. The first-order valence-corrected chi connectivity index (χ1v) is 7.80. The highest BCUT2D eigenvalue weighted by atomic mass is 16.3. The van der Waals surface area contributed by atoms with Gasteiger partial charge in [-0.25, -0.2) is 0 Å². The minimum atomic E-state index is -0.672. The first kappa shape index (κ1) is 15.9. The fraction of sp³-hybridized carbons (Fsp3) is 0.105. The van der Waals surface area contributed by atoms with Gasteiger partial charge in [-0.05, 0) is 30.7 Å². The van der Waals surface area contributed by atoms with Gasteiger partial charge in [0.2, 0.25) is 5.78 Å². The monoisotopic (exact) mass is 350 g/mol. The van der Waals surface area contributed by atoms with Crippen LogP contribution in [-0.2, 0) is 7.05 Å². The number of aromatic nitrogens is 2. The van der Waals surface area contributed by atoms with Crippen LogP contribution in [0.25, 0.3) is 11.1 Å². The van der Waals surface area contributed by atoms with Gasteiger partial charge >= 0.3 is 0 Å². The third kappa shape index (κ3) is 2.03. The van der Waals surface area contributed by atoms with Crippen molar-refractivity contribution in [3.63, 3.8) is 0 Å². The number of fused-ring (bicyclic) bond motifs is 2. The Morgan fingerprint density at radius 1 is 0.885 bits per heavy atom. The maximum atomic E-state index is 12.9. The van der Waals surface area contributed by atoms with E-state index in [2.05, 4.69) is 5.10 Å². The summed E-state index contributed by atoms with van der Waals surface area (Å²) in [7, 11) is 1.67. The number of nitrogens with zero attached hydrogens (tertiary/aromatic N) is 2. The van der Waals surface area contributed by atoms with E-state index in [4.69, 9.17) is 0 Å². The van der Waals surface area contributed by atoms with Gasteiger partial charge < -0.3 is 15.3 Å². The number of hydrogen-bond donors (Lipinski definition) is 3. The van der Waals surface area contributed by atoms with E-state index in [1.807, 2.05) is 0 Å². The summed E-state index contributed by atoms with van der Waals surface area (Å²) in [5.74, 6) is -2.39. The van der Waals surface area contributed by atoms with Crippen molar-refractivity contribution < 1.29 is 24.9 Å². The molecule has 7 heteroatoms. The Balaban J connectivity index is 2.04. The van der Waals surface area contributed by atoms with E-state index in [1.165, 1.54) is 29.1 Å². The van der Waals surface area contributed by atoms with Crippen molar-refractivity contribution in [2.24, 2.45) is 7.05 Å². The van der Waals surface area contributed by atoms with Crippen LogP contribution < -0.4 is 0 Å². The Kier molecular flexibility index (Phi) is 3.17. The van der Waals surface area contributed by atoms with Crippen LogP contribution in [0, 0.1) is 6.92 Å². The second-order valence-electron chi connectivity index (χ2n) is 6.31. The lowest BCUT2D eigenvalue weighted by molar-refractivity contribution is 0.0974. The fourth-order valence-corrected chi connectivity index (χ4v) is 3.35. The predicted octanol–water partition coefficient (Wildman–Crippen LogP) is 2.29. The van der Waals surface area contributed by atoms with Gasteiger partial charge in [-0.1, -0.05) is 0 Å². The molecule has 26 heavy (non-hydrogen) atoms. The molecule has 0 fully saturated rings. The van der Waals surface area contributed by atoms with Crippen molar-refractivity contribution in [1.29, 1.82) is 0 Å². The van der Waals surface area contributed by atoms with Crippen molar-refractivity contribution in [2.75, 3.05) is 0 Å². The van der Waals surface area contributed by atoms with E-state index in [1.54, 1.807) is 20.2 Å². The number of phenols is 3. The number of ketones is 2. The van der Waals surface area contributed by atoms with Gasteiger partial charge in [0.15, 0.2) is 5.78 Å². The Bertz CT molecular complexity index is 1130. The summed E-state index contributed by atoms with van der Waals surface area (Å²) >= 11 is 0. The zero-order valence-electron chi connectivity index (χ0n) is 13.9. The molecule has 2 aromatic carbocycles. The molecule has 7 nitrogen and oxygen atoms in total. The van der Waals surface area contributed by atoms with Gasteiger partial charge in [-0.15, -0.1) is 0 Å². The number of carbonyl (C=O) groups is 2.